The number of ether oxygens (including phenoxy) is 1. The molecule has 1 aromatic carbocycles. The van der Waals surface area contributed by atoms with Crippen LogP contribution < -0.4 is 15.8 Å². The van der Waals surface area contributed by atoms with Crippen LogP contribution in [-0.4, -0.2) is 17.5 Å². The third-order valence-electron chi connectivity index (χ3n) is 3.83. The second-order valence-corrected chi connectivity index (χ2v) is 6.01. The number of unbranched alkanes of at least 4 members (excludes halogenated alkanes) is 1. The Morgan fingerprint density at radius 2 is 2.00 bits per heavy atom. The van der Waals surface area contributed by atoms with Crippen molar-refractivity contribution in [2.75, 3.05) is 17.7 Å². The van der Waals surface area contributed by atoms with Gasteiger partial charge in [0.1, 0.15) is 11.6 Å². The standard InChI is InChI=1S/C21H25N3O2/c1-4-5-6-7-8-12-26-18-11-9-10-17(14-18)24-21(25)19-13-15(2)16(3)23-20(19)22/h9-11,13-14H,4-5,8,12H2,1-3H3,(H2,22,23)(H,24,25). The highest BCUT2D eigenvalue weighted by atomic mass is 16.5. The summed E-state index contributed by atoms with van der Waals surface area (Å²) in [6.07, 6.45) is 2.66. The highest BCUT2D eigenvalue weighted by molar-refractivity contribution is 6.07. The van der Waals surface area contributed by atoms with E-state index in [1.54, 1.807) is 18.2 Å². The van der Waals surface area contributed by atoms with Gasteiger partial charge < -0.3 is 15.8 Å². The van der Waals surface area contributed by atoms with E-state index in [2.05, 4.69) is 29.1 Å². The Morgan fingerprint density at radius 1 is 1.23 bits per heavy atom. The SMILES string of the molecule is CCCC#CCCOc1cccc(NC(=O)c2cc(C)c(C)nc2N)c1. The molecule has 2 rings (SSSR count). The van der Waals surface area contributed by atoms with Crippen molar-refractivity contribution in [3.05, 3.63) is 47.2 Å². The van der Waals surface area contributed by atoms with Gasteiger partial charge in [-0.25, -0.2) is 4.98 Å². The molecule has 26 heavy (non-hydrogen) atoms. The fourth-order valence-corrected chi connectivity index (χ4v) is 2.29. The molecule has 3 N–H and O–H groups in total. The summed E-state index contributed by atoms with van der Waals surface area (Å²) in [6.45, 7) is 6.38. The summed E-state index contributed by atoms with van der Waals surface area (Å²) in [5.41, 5.74) is 8.63. The zero-order valence-electron chi connectivity index (χ0n) is 15.6. The Morgan fingerprint density at radius 3 is 2.77 bits per heavy atom. The number of carbonyl (C=O) groups is 1. The predicted octanol–water partition coefficient (Wildman–Crippen LogP) is 4.11. The number of nitrogens with two attached hydrogens (primary N) is 1. The van der Waals surface area contributed by atoms with Crippen LogP contribution in [0, 0.1) is 25.7 Å². The summed E-state index contributed by atoms with van der Waals surface area (Å²) in [7, 11) is 0. The second-order valence-electron chi connectivity index (χ2n) is 6.01. The zero-order chi connectivity index (χ0) is 18.9. The maximum Gasteiger partial charge on any atom is 0.259 e. The quantitative estimate of drug-likeness (QED) is 0.606. The first kappa shape index (κ1) is 19.3. The van der Waals surface area contributed by atoms with Crippen molar-refractivity contribution in [1.29, 1.82) is 0 Å². The molecular formula is C21H25N3O2. The average molecular weight is 351 g/mol. The lowest BCUT2D eigenvalue weighted by Gasteiger charge is -2.11. The van der Waals surface area contributed by atoms with Crippen molar-refractivity contribution >= 4 is 17.4 Å². The normalized spacial score (nSPS) is 9.96. The van der Waals surface area contributed by atoms with Gasteiger partial charge in [0.2, 0.25) is 0 Å². The van der Waals surface area contributed by atoms with Crippen LogP contribution in [-0.2, 0) is 0 Å². The van der Waals surface area contributed by atoms with Crippen LogP contribution in [0.1, 0.15) is 47.8 Å². The molecule has 0 saturated carbocycles. The number of aromatic nitrogens is 1. The number of rotatable bonds is 6. The molecule has 1 aromatic heterocycles. The third-order valence-corrected chi connectivity index (χ3v) is 3.83. The number of nitrogen functional groups attached to an aromatic ring is 1. The minimum atomic E-state index is -0.291. The Balaban J connectivity index is 1.99. The van der Waals surface area contributed by atoms with E-state index in [0.717, 1.165) is 24.1 Å². The van der Waals surface area contributed by atoms with Crippen molar-refractivity contribution in [3.63, 3.8) is 0 Å². The highest BCUT2D eigenvalue weighted by Crippen LogP contribution is 2.20. The molecular weight excluding hydrogens is 326 g/mol. The van der Waals surface area contributed by atoms with Gasteiger partial charge in [0.25, 0.3) is 5.91 Å². The minimum Gasteiger partial charge on any atom is -0.493 e. The number of carbonyl (C=O) groups excluding carboxylic acids is 1. The molecule has 0 aliphatic heterocycles. The van der Waals surface area contributed by atoms with Crippen molar-refractivity contribution in [1.82, 2.24) is 4.98 Å². The van der Waals surface area contributed by atoms with E-state index in [1.165, 1.54) is 0 Å². The Bertz CT molecular complexity index is 835. The van der Waals surface area contributed by atoms with E-state index < -0.39 is 0 Å². The van der Waals surface area contributed by atoms with Gasteiger partial charge in [0, 0.05) is 30.3 Å². The van der Waals surface area contributed by atoms with Crippen molar-refractivity contribution in [2.45, 2.75) is 40.0 Å². The van der Waals surface area contributed by atoms with Crippen LogP contribution in [0.2, 0.25) is 0 Å². The molecule has 2 aromatic rings. The van der Waals surface area contributed by atoms with E-state index in [0.29, 0.717) is 30.0 Å². The highest BCUT2D eigenvalue weighted by Gasteiger charge is 2.13. The van der Waals surface area contributed by atoms with Gasteiger partial charge in [-0.15, -0.1) is 5.92 Å². The summed E-state index contributed by atoms with van der Waals surface area (Å²) < 4.78 is 5.68. The van der Waals surface area contributed by atoms with Gasteiger partial charge in [0.05, 0.1) is 12.2 Å². The number of hydrogen-bond donors (Lipinski definition) is 2. The molecule has 0 radical (unpaired) electrons. The van der Waals surface area contributed by atoms with Crippen molar-refractivity contribution in [2.24, 2.45) is 0 Å². The fourth-order valence-electron chi connectivity index (χ4n) is 2.29. The second kappa shape index (κ2) is 9.47. The number of aryl methyl sites for hydroxylation is 2. The molecule has 1 amide bonds. The molecule has 1 heterocycles. The molecule has 0 aliphatic rings. The van der Waals surface area contributed by atoms with E-state index in [-0.39, 0.29) is 11.7 Å². The van der Waals surface area contributed by atoms with Crippen LogP contribution in [0.25, 0.3) is 0 Å². The number of nitrogens with zero attached hydrogens (tertiary/aromatic N) is 1. The van der Waals surface area contributed by atoms with Crippen molar-refractivity contribution < 1.29 is 9.53 Å². The minimum absolute atomic E-state index is 0.226. The Labute approximate surface area is 155 Å². The van der Waals surface area contributed by atoms with Gasteiger partial charge in [-0.2, -0.15) is 0 Å². The lowest BCUT2D eigenvalue weighted by atomic mass is 10.1. The van der Waals surface area contributed by atoms with Gasteiger partial charge in [-0.1, -0.05) is 18.9 Å². The summed E-state index contributed by atoms with van der Waals surface area (Å²) in [6, 6.07) is 9.01. The number of hydrogen-bond acceptors (Lipinski definition) is 4. The number of pyridine rings is 1. The van der Waals surface area contributed by atoms with Crippen molar-refractivity contribution in [3.8, 4) is 17.6 Å². The maximum absolute atomic E-state index is 12.5. The number of benzene rings is 1. The summed E-state index contributed by atoms with van der Waals surface area (Å²) in [5.74, 6) is 6.78. The molecule has 0 spiro atoms. The van der Waals surface area contributed by atoms with Gasteiger partial charge in [-0.3, -0.25) is 4.79 Å². The number of amides is 1. The van der Waals surface area contributed by atoms with E-state index >= 15 is 0 Å². The first-order valence-corrected chi connectivity index (χ1v) is 8.75. The van der Waals surface area contributed by atoms with Gasteiger partial charge in [0.15, 0.2) is 0 Å². The molecule has 0 bridgehead atoms. The Kier molecular flexibility index (Phi) is 7.04. The molecule has 136 valence electrons. The largest absolute Gasteiger partial charge is 0.493 e. The lowest BCUT2D eigenvalue weighted by Crippen LogP contribution is -2.16. The number of anilines is 2. The van der Waals surface area contributed by atoms with E-state index in [1.807, 2.05) is 26.0 Å². The summed E-state index contributed by atoms with van der Waals surface area (Å²) in [5, 5.41) is 2.84. The monoisotopic (exact) mass is 351 g/mol. The topological polar surface area (TPSA) is 77.2 Å². The molecule has 0 fully saturated rings. The van der Waals surface area contributed by atoms with Gasteiger partial charge in [-0.05, 0) is 44.0 Å². The third kappa shape index (κ3) is 5.52. The van der Waals surface area contributed by atoms with Crippen LogP contribution in [0.5, 0.6) is 5.75 Å². The first-order valence-electron chi connectivity index (χ1n) is 8.75. The Hall–Kier alpha value is -3.00. The van der Waals surface area contributed by atoms with Gasteiger partial charge >= 0.3 is 0 Å². The lowest BCUT2D eigenvalue weighted by molar-refractivity contribution is 0.102. The molecule has 5 nitrogen and oxygen atoms in total. The van der Waals surface area contributed by atoms with E-state index in [9.17, 15) is 4.79 Å². The predicted molar refractivity (Wildman–Crippen MR) is 105 cm³/mol. The first-order chi connectivity index (χ1) is 12.5. The molecule has 0 atom stereocenters. The van der Waals surface area contributed by atoms with Crippen LogP contribution >= 0.6 is 0 Å². The van der Waals surface area contributed by atoms with Crippen LogP contribution in [0.4, 0.5) is 11.5 Å². The smallest absolute Gasteiger partial charge is 0.259 e. The zero-order valence-corrected chi connectivity index (χ0v) is 15.6. The van der Waals surface area contributed by atoms with E-state index in [4.69, 9.17) is 10.5 Å². The molecule has 5 heteroatoms. The summed E-state index contributed by atoms with van der Waals surface area (Å²) in [4.78, 5) is 16.7. The molecule has 0 unspecified atom stereocenters. The van der Waals surface area contributed by atoms with Crippen LogP contribution in [0.3, 0.4) is 0 Å². The maximum atomic E-state index is 12.5. The van der Waals surface area contributed by atoms with Crippen LogP contribution in [0.15, 0.2) is 30.3 Å². The molecule has 0 aliphatic carbocycles. The number of nitrogens with one attached hydrogen (secondary N) is 1. The fraction of sp³-hybridized carbons (Fsp3) is 0.333. The summed E-state index contributed by atoms with van der Waals surface area (Å²) >= 11 is 0. The average Bonchev–Trinajstić information content (AvgIpc) is 2.61. The molecule has 0 saturated heterocycles.